The SMILES string of the molecule is CCCOc1ccc(CO)c(OCc2cncn2C)c1. The van der Waals surface area contributed by atoms with Crippen LogP contribution in [-0.4, -0.2) is 21.3 Å². The molecule has 0 amide bonds. The molecule has 0 saturated heterocycles. The number of aliphatic hydroxyl groups excluding tert-OH is 1. The highest BCUT2D eigenvalue weighted by atomic mass is 16.5. The second kappa shape index (κ2) is 6.96. The topological polar surface area (TPSA) is 56.5 Å². The van der Waals surface area contributed by atoms with Crippen molar-refractivity contribution in [3.63, 3.8) is 0 Å². The summed E-state index contributed by atoms with van der Waals surface area (Å²) in [5, 5.41) is 9.36. The number of hydrogen-bond donors (Lipinski definition) is 1. The van der Waals surface area contributed by atoms with Crippen LogP contribution < -0.4 is 9.47 Å². The molecule has 0 spiro atoms. The van der Waals surface area contributed by atoms with Crippen molar-refractivity contribution in [3.8, 4) is 11.5 Å². The Labute approximate surface area is 118 Å². The third kappa shape index (κ3) is 3.51. The van der Waals surface area contributed by atoms with Gasteiger partial charge in [0, 0.05) is 18.7 Å². The van der Waals surface area contributed by atoms with Gasteiger partial charge in [-0.15, -0.1) is 0 Å². The van der Waals surface area contributed by atoms with Gasteiger partial charge in [0.15, 0.2) is 0 Å². The molecule has 1 aromatic heterocycles. The van der Waals surface area contributed by atoms with Crippen LogP contribution in [0.25, 0.3) is 0 Å². The molecular weight excluding hydrogens is 256 g/mol. The minimum atomic E-state index is -0.0607. The van der Waals surface area contributed by atoms with E-state index < -0.39 is 0 Å². The maximum Gasteiger partial charge on any atom is 0.130 e. The van der Waals surface area contributed by atoms with Crippen molar-refractivity contribution < 1.29 is 14.6 Å². The normalized spacial score (nSPS) is 10.6. The van der Waals surface area contributed by atoms with Gasteiger partial charge in [-0.25, -0.2) is 4.98 Å². The van der Waals surface area contributed by atoms with E-state index in [2.05, 4.69) is 11.9 Å². The number of imidazole rings is 1. The Morgan fingerprint density at radius 3 is 2.80 bits per heavy atom. The number of aryl methyl sites for hydroxylation is 1. The van der Waals surface area contributed by atoms with E-state index in [1.807, 2.05) is 29.8 Å². The van der Waals surface area contributed by atoms with Gasteiger partial charge in [0.2, 0.25) is 0 Å². The molecule has 0 radical (unpaired) electrons. The molecule has 0 bridgehead atoms. The van der Waals surface area contributed by atoms with Crippen molar-refractivity contribution in [1.29, 1.82) is 0 Å². The lowest BCUT2D eigenvalue weighted by atomic mass is 10.2. The zero-order valence-electron chi connectivity index (χ0n) is 11.9. The quantitative estimate of drug-likeness (QED) is 0.843. The summed E-state index contributed by atoms with van der Waals surface area (Å²) in [6.07, 6.45) is 4.44. The van der Waals surface area contributed by atoms with E-state index in [0.29, 0.717) is 19.0 Å². The first-order valence-electron chi connectivity index (χ1n) is 6.69. The summed E-state index contributed by atoms with van der Waals surface area (Å²) in [7, 11) is 1.92. The third-order valence-electron chi connectivity index (χ3n) is 2.97. The van der Waals surface area contributed by atoms with Crippen molar-refractivity contribution in [2.24, 2.45) is 7.05 Å². The van der Waals surface area contributed by atoms with Crippen LogP contribution in [0.5, 0.6) is 11.5 Å². The minimum Gasteiger partial charge on any atom is -0.493 e. The van der Waals surface area contributed by atoms with Gasteiger partial charge in [-0.2, -0.15) is 0 Å². The summed E-state index contributed by atoms with van der Waals surface area (Å²) in [5.41, 5.74) is 1.71. The third-order valence-corrected chi connectivity index (χ3v) is 2.97. The second-order valence-electron chi connectivity index (χ2n) is 4.56. The summed E-state index contributed by atoms with van der Waals surface area (Å²) >= 11 is 0. The number of aliphatic hydroxyl groups is 1. The number of rotatable bonds is 7. The van der Waals surface area contributed by atoms with Crippen molar-refractivity contribution in [1.82, 2.24) is 9.55 Å². The van der Waals surface area contributed by atoms with Gasteiger partial charge >= 0.3 is 0 Å². The molecule has 0 fully saturated rings. The zero-order valence-corrected chi connectivity index (χ0v) is 11.9. The molecule has 0 aliphatic heterocycles. The highest BCUT2D eigenvalue weighted by molar-refractivity contribution is 5.40. The van der Waals surface area contributed by atoms with Gasteiger partial charge < -0.3 is 19.1 Å². The van der Waals surface area contributed by atoms with Crippen LogP contribution in [0.15, 0.2) is 30.7 Å². The van der Waals surface area contributed by atoms with Crippen molar-refractivity contribution in [2.75, 3.05) is 6.61 Å². The maximum atomic E-state index is 9.36. The van der Waals surface area contributed by atoms with Crippen LogP contribution in [0.1, 0.15) is 24.6 Å². The fraction of sp³-hybridized carbons (Fsp3) is 0.400. The molecule has 5 nitrogen and oxygen atoms in total. The van der Waals surface area contributed by atoms with Crippen molar-refractivity contribution in [3.05, 3.63) is 42.0 Å². The molecular formula is C15H20N2O3. The molecule has 0 unspecified atom stereocenters. The summed E-state index contributed by atoms with van der Waals surface area (Å²) < 4.78 is 13.2. The average Bonchev–Trinajstić information content (AvgIpc) is 2.88. The Morgan fingerprint density at radius 1 is 1.30 bits per heavy atom. The van der Waals surface area contributed by atoms with Gasteiger partial charge in [0.25, 0.3) is 0 Å². The predicted octanol–water partition coefficient (Wildman–Crippen LogP) is 2.28. The summed E-state index contributed by atoms with van der Waals surface area (Å²) in [5.74, 6) is 1.39. The Balaban J connectivity index is 2.09. The fourth-order valence-corrected chi connectivity index (χ4v) is 1.78. The Bertz CT molecular complexity index is 552. The van der Waals surface area contributed by atoms with Gasteiger partial charge in [0.05, 0.1) is 31.4 Å². The summed E-state index contributed by atoms with van der Waals surface area (Å²) in [6, 6.07) is 5.49. The largest absolute Gasteiger partial charge is 0.493 e. The van der Waals surface area contributed by atoms with E-state index in [1.165, 1.54) is 0 Å². The van der Waals surface area contributed by atoms with Crippen LogP contribution >= 0.6 is 0 Å². The van der Waals surface area contributed by atoms with Crippen LogP contribution in [0.4, 0.5) is 0 Å². The first kappa shape index (κ1) is 14.4. The first-order chi connectivity index (χ1) is 9.74. The number of aromatic nitrogens is 2. The zero-order chi connectivity index (χ0) is 14.4. The van der Waals surface area contributed by atoms with E-state index in [4.69, 9.17) is 9.47 Å². The van der Waals surface area contributed by atoms with E-state index in [-0.39, 0.29) is 6.61 Å². The van der Waals surface area contributed by atoms with Crippen LogP contribution in [0.3, 0.4) is 0 Å². The molecule has 20 heavy (non-hydrogen) atoms. The van der Waals surface area contributed by atoms with E-state index in [9.17, 15) is 5.11 Å². The Hall–Kier alpha value is -2.01. The molecule has 2 aromatic rings. The highest BCUT2D eigenvalue weighted by Gasteiger charge is 2.07. The number of hydrogen-bond acceptors (Lipinski definition) is 4. The van der Waals surface area contributed by atoms with Crippen LogP contribution in [0, 0.1) is 0 Å². The first-order valence-corrected chi connectivity index (χ1v) is 6.69. The molecule has 0 aliphatic rings. The Kier molecular flexibility index (Phi) is 5.01. The second-order valence-corrected chi connectivity index (χ2v) is 4.56. The van der Waals surface area contributed by atoms with Crippen molar-refractivity contribution in [2.45, 2.75) is 26.6 Å². The lowest BCUT2D eigenvalue weighted by molar-refractivity contribution is 0.253. The standard InChI is InChI=1S/C15H20N2O3/c1-3-6-19-14-5-4-12(9-18)15(7-14)20-10-13-8-16-11-17(13)2/h4-5,7-8,11,18H,3,6,9-10H2,1-2H3. The van der Waals surface area contributed by atoms with E-state index in [0.717, 1.165) is 23.4 Å². The number of nitrogens with zero attached hydrogens (tertiary/aromatic N) is 2. The molecule has 1 N–H and O–H groups in total. The molecule has 2 rings (SSSR count). The Morgan fingerprint density at radius 2 is 2.15 bits per heavy atom. The molecule has 1 heterocycles. The van der Waals surface area contributed by atoms with Gasteiger partial charge in [-0.05, 0) is 18.6 Å². The average molecular weight is 276 g/mol. The molecule has 0 saturated carbocycles. The molecule has 108 valence electrons. The number of ether oxygens (including phenoxy) is 2. The van der Waals surface area contributed by atoms with Gasteiger partial charge in [-0.1, -0.05) is 6.92 Å². The maximum absolute atomic E-state index is 9.36. The molecule has 1 aromatic carbocycles. The molecule has 0 atom stereocenters. The monoisotopic (exact) mass is 276 g/mol. The molecule has 5 heteroatoms. The smallest absolute Gasteiger partial charge is 0.130 e. The molecule has 0 aliphatic carbocycles. The number of benzene rings is 1. The van der Waals surface area contributed by atoms with Crippen LogP contribution in [0.2, 0.25) is 0 Å². The minimum absolute atomic E-state index is 0.0607. The summed E-state index contributed by atoms with van der Waals surface area (Å²) in [6.45, 7) is 3.07. The lowest BCUT2D eigenvalue weighted by Crippen LogP contribution is -2.03. The van der Waals surface area contributed by atoms with Crippen molar-refractivity contribution >= 4 is 0 Å². The van der Waals surface area contributed by atoms with Crippen LogP contribution in [-0.2, 0) is 20.3 Å². The highest BCUT2D eigenvalue weighted by Crippen LogP contribution is 2.26. The fourth-order valence-electron chi connectivity index (χ4n) is 1.78. The lowest BCUT2D eigenvalue weighted by Gasteiger charge is -2.12. The predicted molar refractivity (Wildman–Crippen MR) is 75.7 cm³/mol. The van der Waals surface area contributed by atoms with E-state index >= 15 is 0 Å². The summed E-state index contributed by atoms with van der Waals surface area (Å²) in [4.78, 5) is 4.04. The van der Waals surface area contributed by atoms with Gasteiger partial charge in [-0.3, -0.25) is 0 Å². The van der Waals surface area contributed by atoms with E-state index in [1.54, 1.807) is 12.5 Å². The van der Waals surface area contributed by atoms with Gasteiger partial charge in [0.1, 0.15) is 18.1 Å².